The van der Waals surface area contributed by atoms with E-state index in [1.165, 1.54) is 39.0 Å². The maximum Gasteiger partial charge on any atom is 0.137 e. The fraction of sp³-hybridized carbons (Fsp3) is 0.161. The van der Waals surface area contributed by atoms with Crippen molar-refractivity contribution in [1.82, 2.24) is 9.55 Å². The number of hydrogen-bond donors (Lipinski definition) is 0. The molecule has 5 nitrogen and oxygen atoms in total. The van der Waals surface area contributed by atoms with E-state index < -0.39 is 0 Å². The molecule has 0 bridgehead atoms. The minimum Gasteiger partial charge on any atom is -0.457 e. The maximum atomic E-state index is 7.09. The third-order valence-electron chi connectivity index (χ3n) is 12.0. The number of ether oxygens (including phenoxy) is 1. The van der Waals surface area contributed by atoms with Crippen LogP contribution >= 0.6 is 0 Å². The summed E-state index contributed by atoms with van der Waals surface area (Å²) >= 11 is 0. The standard InChI is InChI=1S/C56H50N4O/c1-55(2,3)40-28-29-44(38-18-9-7-10-19-38)51(32-40)59-37-58(49-26-15-16-27-50(49)59)42-22-17-23-43(34-42)61-53-36-52-47(35-46(53)39-20-11-8-12-21-39)45-24-13-14-25-48(45)60(52)54-33-41(30-31-57-54)56(4,5)6/h7-36H,37H2,1-6H3. The molecule has 0 aliphatic carbocycles. The number of para-hydroxylation sites is 3. The van der Waals surface area contributed by atoms with Crippen LogP contribution in [-0.2, 0) is 10.8 Å². The number of benzene rings is 7. The first-order chi connectivity index (χ1) is 29.5. The average Bonchev–Trinajstić information content (AvgIpc) is 3.82. The number of pyridine rings is 1. The van der Waals surface area contributed by atoms with Gasteiger partial charge in [-0.2, -0.15) is 0 Å². The highest BCUT2D eigenvalue weighted by atomic mass is 16.5. The second kappa shape index (κ2) is 14.9. The summed E-state index contributed by atoms with van der Waals surface area (Å²) in [5.74, 6) is 2.43. The van der Waals surface area contributed by atoms with Gasteiger partial charge in [0, 0.05) is 45.9 Å². The highest BCUT2D eigenvalue weighted by Crippen LogP contribution is 2.49. The van der Waals surface area contributed by atoms with Crippen LogP contribution in [0.25, 0.3) is 49.9 Å². The van der Waals surface area contributed by atoms with Crippen molar-refractivity contribution in [3.8, 4) is 39.6 Å². The van der Waals surface area contributed by atoms with Crippen LogP contribution in [0.1, 0.15) is 52.7 Å². The van der Waals surface area contributed by atoms with Crippen LogP contribution in [-0.4, -0.2) is 16.2 Å². The van der Waals surface area contributed by atoms with E-state index in [-0.39, 0.29) is 10.8 Å². The van der Waals surface area contributed by atoms with Gasteiger partial charge in [0.15, 0.2) is 0 Å². The molecule has 5 heteroatoms. The molecule has 300 valence electrons. The molecular weight excluding hydrogens is 745 g/mol. The summed E-state index contributed by atoms with van der Waals surface area (Å²) in [6.45, 7) is 14.2. The average molecular weight is 795 g/mol. The number of anilines is 4. The monoisotopic (exact) mass is 794 g/mol. The van der Waals surface area contributed by atoms with E-state index in [2.05, 4.69) is 232 Å². The van der Waals surface area contributed by atoms with Gasteiger partial charge in [-0.05, 0) is 87.7 Å². The lowest BCUT2D eigenvalue weighted by atomic mass is 9.85. The molecule has 0 amide bonds. The van der Waals surface area contributed by atoms with Crippen molar-refractivity contribution in [2.75, 3.05) is 16.5 Å². The van der Waals surface area contributed by atoms with Gasteiger partial charge in [0.2, 0.25) is 0 Å². The Kier molecular flexibility index (Phi) is 9.29. The zero-order valence-corrected chi connectivity index (χ0v) is 35.7. The van der Waals surface area contributed by atoms with E-state index in [4.69, 9.17) is 9.72 Å². The molecule has 7 aromatic carbocycles. The Hall–Kier alpha value is -7.11. The molecule has 0 atom stereocenters. The van der Waals surface area contributed by atoms with Crippen LogP contribution in [0.5, 0.6) is 11.5 Å². The van der Waals surface area contributed by atoms with Crippen molar-refractivity contribution < 1.29 is 4.74 Å². The number of rotatable bonds is 7. The van der Waals surface area contributed by atoms with Gasteiger partial charge >= 0.3 is 0 Å². The molecule has 0 saturated carbocycles. The molecule has 10 rings (SSSR count). The fourth-order valence-corrected chi connectivity index (χ4v) is 8.74. The summed E-state index contributed by atoms with van der Waals surface area (Å²) in [4.78, 5) is 9.80. The minimum absolute atomic E-state index is 0.00246. The molecule has 1 aliphatic heterocycles. The van der Waals surface area contributed by atoms with Crippen LogP contribution in [0.2, 0.25) is 0 Å². The Bertz CT molecular complexity index is 3060. The largest absolute Gasteiger partial charge is 0.457 e. The summed E-state index contributed by atoms with van der Waals surface area (Å²) in [5.41, 5.74) is 13.8. The fourth-order valence-electron chi connectivity index (χ4n) is 8.74. The van der Waals surface area contributed by atoms with Gasteiger partial charge in [0.1, 0.15) is 24.0 Å². The van der Waals surface area contributed by atoms with Crippen LogP contribution in [0.4, 0.5) is 22.7 Å². The van der Waals surface area contributed by atoms with Gasteiger partial charge in [0.05, 0.1) is 28.1 Å². The van der Waals surface area contributed by atoms with Crippen LogP contribution in [0.15, 0.2) is 182 Å². The Labute approximate surface area is 359 Å². The van der Waals surface area contributed by atoms with Gasteiger partial charge in [-0.3, -0.25) is 4.57 Å². The lowest BCUT2D eigenvalue weighted by Gasteiger charge is -2.27. The molecule has 61 heavy (non-hydrogen) atoms. The smallest absolute Gasteiger partial charge is 0.137 e. The maximum absolute atomic E-state index is 7.09. The predicted octanol–water partition coefficient (Wildman–Crippen LogP) is 15.1. The third-order valence-corrected chi connectivity index (χ3v) is 12.0. The molecule has 0 radical (unpaired) electrons. The molecular formula is C56H50N4O. The zero-order chi connectivity index (χ0) is 41.9. The number of nitrogens with zero attached hydrogens (tertiary/aromatic N) is 4. The number of aromatic nitrogens is 2. The molecule has 3 heterocycles. The molecule has 0 unspecified atom stereocenters. The second-order valence-electron chi connectivity index (χ2n) is 18.2. The topological polar surface area (TPSA) is 33.5 Å². The molecule has 9 aromatic rings. The van der Waals surface area contributed by atoms with Crippen LogP contribution in [0.3, 0.4) is 0 Å². The molecule has 1 aliphatic rings. The molecule has 0 spiro atoms. The van der Waals surface area contributed by atoms with Crippen molar-refractivity contribution in [3.05, 3.63) is 193 Å². The van der Waals surface area contributed by atoms with E-state index >= 15 is 0 Å². The number of hydrogen-bond acceptors (Lipinski definition) is 4. The van der Waals surface area contributed by atoms with Crippen molar-refractivity contribution >= 4 is 44.6 Å². The second-order valence-corrected chi connectivity index (χ2v) is 18.2. The van der Waals surface area contributed by atoms with Crippen molar-refractivity contribution in [2.24, 2.45) is 0 Å². The normalized spacial score (nSPS) is 13.0. The van der Waals surface area contributed by atoms with Crippen LogP contribution < -0.4 is 14.5 Å². The van der Waals surface area contributed by atoms with Crippen LogP contribution in [0, 0.1) is 0 Å². The molecule has 0 N–H and O–H groups in total. The first kappa shape index (κ1) is 38.1. The van der Waals surface area contributed by atoms with Gasteiger partial charge in [-0.25, -0.2) is 4.98 Å². The zero-order valence-electron chi connectivity index (χ0n) is 35.7. The lowest BCUT2D eigenvalue weighted by molar-refractivity contribution is 0.485. The highest BCUT2D eigenvalue weighted by Gasteiger charge is 2.31. The molecule has 0 saturated heterocycles. The lowest BCUT2D eigenvalue weighted by Crippen LogP contribution is -2.25. The van der Waals surface area contributed by atoms with E-state index in [1.54, 1.807) is 0 Å². The van der Waals surface area contributed by atoms with Gasteiger partial charge in [-0.15, -0.1) is 0 Å². The predicted molar refractivity (Wildman–Crippen MR) is 255 cm³/mol. The minimum atomic E-state index is -0.0241. The summed E-state index contributed by atoms with van der Waals surface area (Å²) in [5, 5.41) is 2.32. The van der Waals surface area contributed by atoms with Crippen molar-refractivity contribution in [2.45, 2.75) is 52.4 Å². The summed E-state index contributed by atoms with van der Waals surface area (Å²) in [7, 11) is 0. The van der Waals surface area contributed by atoms with Gasteiger partial charge < -0.3 is 14.5 Å². The molecule has 0 fully saturated rings. The number of fused-ring (bicyclic) bond motifs is 4. The summed E-state index contributed by atoms with van der Waals surface area (Å²) < 4.78 is 9.38. The van der Waals surface area contributed by atoms with E-state index in [0.717, 1.165) is 56.2 Å². The highest BCUT2D eigenvalue weighted by molar-refractivity contribution is 6.11. The Morgan fingerprint density at radius 3 is 1.84 bits per heavy atom. The summed E-state index contributed by atoms with van der Waals surface area (Å²) in [6, 6.07) is 63.0. The van der Waals surface area contributed by atoms with Gasteiger partial charge in [-0.1, -0.05) is 151 Å². The van der Waals surface area contributed by atoms with Gasteiger partial charge in [0.25, 0.3) is 0 Å². The Morgan fingerprint density at radius 1 is 0.475 bits per heavy atom. The third kappa shape index (κ3) is 7.00. The van der Waals surface area contributed by atoms with E-state index in [0.29, 0.717) is 6.67 Å². The summed E-state index contributed by atoms with van der Waals surface area (Å²) in [6.07, 6.45) is 1.93. The SMILES string of the molecule is CC(C)(C)c1ccnc(-n2c3ccccc3c3cc(-c4ccccc4)c(Oc4cccc(N5CN(c6cc(C(C)(C)C)ccc6-c6ccccc6)c6ccccc65)c4)cc32)c1. The first-order valence-corrected chi connectivity index (χ1v) is 21.2. The Balaban J connectivity index is 1.08. The quantitative estimate of drug-likeness (QED) is 0.161. The van der Waals surface area contributed by atoms with Crippen molar-refractivity contribution in [1.29, 1.82) is 0 Å². The van der Waals surface area contributed by atoms with Crippen molar-refractivity contribution in [3.63, 3.8) is 0 Å². The molecule has 2 aromatic heterocycles. The Morgan fingerprint density at radius 2 is 1.11 bits per heavy atom. The van der Waals surface area contributed by atoms with E-state index in [9.17, 15) is 0 Å². The van der Waals surface area contributed by atoms with E-state index in [1.807, 2.05) is 6.20 Å². The first-order valence-electron chi connectivity index (χ1n) is 21.2.